The lowest BCUT2D eigenvalue weighted by Crippen LogP contribution is -2.47. The highest BCUT2D eigenvalue weighted by Gasteiger charge is 2.49. The van der Waals surface area contributed by atoms with Gasteiger partial charge in [0.1, 0.15) is 0 Å². The Morgan fingerprint density at radius 1 is 1.00 bits per heavy atom. The average Bonchev–Trinajstić information content (AvgIpc) is 2.90. The number of fused-ring (bicyclic) bond motifs is 3. The zero-order valence-electron chi connectivity index (χ0n) is 15.0. The van der Waals surface area contributed by atoms with Crippen molar-refractivity contribution in [2.24, 2.45) is 5.41 Å². The molecule has 1 aliphatic rings. The van der Waals surface area contributed by atoms with Gasteiger partial charge in [-0.25, -0.2) is 0 Å². The van der Waals surface area contributed by atoms with Crippen LogP contribution in [0, 0.1) is 12.3 Å². The van der Waals surface area contributed by atoms with Gasteiger partial charge in [0.15, 0.2) is 11.5 Å². The maximum absolute atomic E-state index is 6.37. The maximum Gasteiger partial charge on any atom is 0.253 e. The van der Waals surface area contributed by atoms with E-state index in [0.29, 0.717) is 0 Å². The van der Waals surface area contributed by atoms with Crippen LogP contribution in [0.4, 0.5) is 0 Å². The highest BCUT2D eigenvalue weighted by molar-refractivity contribution is 5.94. The van der Waals surface area contributed by atoms with E-state index in [1.54, 1.807) is 0 Å². The van der Waals surface area contributed by atoms with Crippen LogP contribution in [-0.2, 0) is 5.41 Å². The van der Waals surface area contributed by atoms with E-state index in [2.05, 4.69) is 59.5 Å². The van der Waals surface area contributed by atoms with Gasteiger partial charge in [-0.05, 0) is 24.0 Å². The number of hydrogen-bond donors (Lipinski definition) is 1. The van der Waals surface area contributed by atoms with Gasteiger partial charge in [-0.1, -0.05) is 41.5 Å². The molecule has 1 unspecified atom stereocenters. The molecule has 3 heteroatoms. The van der Waals surface area contributed by atoms with Crippen molar-refractivity contribution in [1.29, 1.82) is 0 Å². The zero-order chi connectivity index (χ0) is 16.5. The largest absolute Gasteiger partial charge is 0.448 e. The highest BCUT2D eigenvalue weighted by Crippen LogP contribution is 2.53. The molecule has 0 saturated carbocycles. The van der Waals surface area contributed by atoms with Gasteiger partial charge >= 0.3 is 0 Å². The first-order valence-corrected chi connectivity index (χ1v) is 7.98. The molecule has 0 bridgehead atoms. The van der Waals surface area contributed by atoms with E-state index in [9.17, 15) is 0 Å². The van der Waals surface area contributed by atoms with Gasteiger partial charge in [0.05, 0.1) is 5.52 Å². The van der Waals surface area contributed by atoms with E-state index in [0.717, 1.165) is 22.4 Å². The lowest BCUT2D eigenvalue weighted by atomic mass is 9.82. The highest BCUT2D eigenvalue weighted by atomic mass is 16.7. The molecule has 1 aromatic carbocycles. The summed E-state index contributed by atoms with van der Waals surface area (Å²) in [6.45, 7) is 17.3. The Bertz CT molecular complexity index is 743. The molecule has 3 rings (SSSR count). The molecule has 0 radical (unpaired) electrons. The number of aromatic amines is 1. The Morgan fingerprint density at radius 3 is 2.14 bits per heavy atom. The fraction of sp³-hybridized carbons (Fsp3) is 0.579. The number of ether oxygens (including phenoxy) is 2. The molecule has 1 N–H and O–H groups in total. The average molecular weight is 301 g/mol. The number of hydrogen-bond acceptors (Lipinski definition) is 2. The molecule has 120 valence electrons. The fourth-order valence-electron chi connectivity index (χ4n) is 3.24. The van der Waals surface area contributed by atoms with Crippen LogP contribution < -0.4 is 9.47 Å². The summed E-state index contributed by atoms with van der Waals surface area (Å²) >= 11 is 0. The van der Waals surface area contributed by atoms with Crippen molar-refractivity contribution >= 4 is 10.9 Å². The summed E-state index contributed by atoms with van der Waals surface area (Å²) in [6, 6.07) is 2.08. The molecule has 3 nitrogen and oxygen atoms in total. The molecule has 0 amide bonds. The third kappa shape index (κ3) is 1.94. The number of benzene rings is 1. The van der Waals surface area contributed by atoms with E-state index in [4.69, 9.17) is 9.47 Å². The zero-order valence-corrected chi connectivity index (χ0v) is 15.0. The predicted octanol–water partition coefficient (Wildman–Crippen LogP) is 5.31. The summed E-state index contributed by atoms with van der Waals surface area (Å²) in [4.78, 5) is 3.40. The van der Waals surface area contributed by atoms with Crippen LogP contribution in [-0.4, -0.2) is 10.8 Å². The van der Waals surface area contributed by atoms with Crippen LogP contribution in [0.15, 0.2) is 12.3 Å². The van der Waals surface area contributed by atoms with Crippen molar-refractivity contribution in [3.8, 4) is 11.5 Å². The first-order chi connectivity index (χ1) is 9.96. The van der Waals surface area contributed by atoms with Gasteiger partial charge in [-0.3, -0.25) is 0 Å². The standard InChI is InChI=1S/C19H27NO2/c1-11-13(17(2,3)4)14-12(9-10-20-14)16-15(11)21-19(8,22-16)18(5,6)7/h9-10,20H,1-8H3. The second kappa shape index (κ2) is 4.21. The molecular formula is C19H27NO2. The first kappa shape index (κ1) is 15.3. The maximum atomic E-state index is 6.37. The van der Waals surface area contributed by atoms with E-state index in [1.807, 2.05) is 13.1 Å². The van der Waals surface area contributed by atoms with E-state index >= 15 is 0 Å². The summed E-state index contributed by atoms with van der Waals surface area (Å²) in [5, 5.41) is 1.11. The normalized spacial score (nSPS) is 21.6. The Balaban J connectivity index is 2.31. The molecule has 2 heterocycles. The third-order valence-corrected chi connectivity index (χ3v) is 4.87. The topological polar surface area (TPSA) is 34.2 Å². The summed E-state index contributed by atoms with van der Waals surface area (Å²) < 4.78 is 12.7. The second-order valence-electron chi connectivity index (χ2n) is 8.57. The molecular weight excluding hydrogens is 274 g/mol. The van der Waals surface area contributed by atoms with Crippen LogP contribution in [0.25, 0.3) is 10.9 Å². The van der Waals surface area contributed by atoms with Crippen molar-refractivity contribution < 1.29 is 9.47 Å². The number of H-pyrrole nitrogens is 1. The number of nitrogens with one attached hydrogen (secondary N) is 1. The molecule has 1 aliphatic heterocycles. The molecule has 0 saturated heterocycles. The number of rotatable bonds is 0. The van der Waals surface area contributed by atoms with Gasteiger partial charge in [-0.2, -0.15) is 0 Å². The SMILES string of the molecule is Cc1c2c(c3cc[nH]c3c1C(C)(C)C)OC(C)(C(C)(C)C)O2. The molecule has 0 spiro atoms. The quantitative estimate of drug-likeness (QED) is 0.715. The molecule has 0 fully saturated rings. The smallest absolute Gasteiger partial charge is 0.253 e. The van der Waals surface area contributed by atoms with Gasteiger partial charge in [0.25, 0.3) is 5.79 Å². The minimum Gasteiger partial charge on any atom is -0.448 e. The van der Waals surface area contributed by atoms with Gasteiger partial charge in [0, 0.05) is 29.5 Å². The summed E-state index contributed by atoms with van der Waals surface area (Å²) in [5.41, 5.74) is 3.54. The van der Waals surface area contributed by atoms with Crippen molar-refractivity contribution in [1.82, 2.24) is 4.98 Å². The summed E-state index contributed by atoms with van der Waals surface area (Å²) in [5.74, 6) is 1.12. The number of aromatic nitrogens is 1. The molecule has 22 heavy (non-hydrogen) atoms. The molecule has 2 aromatic rings. The molecule has 1 aromatic heterocycles. The summed E-state index contributed by atoms with van der Waals surface area (Å²) in [6.07, 6.45) is 1.98. The monoisotopic (exact) mass is 301 g/mol. The Labute approximate surface area is 133 Å². The predicted molar refractivity (Wildman–Crippen MR) is 90.9 cm³/mol. The van der Waals surface area contributed by atoms with Crippen LogP contribution in [0.1, 0.15) is 59.6 Å². The van der Waals surface area contributed by atoms with Gasteiger partial charge in [-0.15, -0.1) is 0 Å². The van der Waals surface area contributed by atoms with Gasteiger partial charge < -0.3 is 14.5 Å². The van der Waals surface area contributed by atoms with E-state index < -0.39 is 5.79 Å². The molecule has 1 atom stereocenters. The van der Waals surface area contributed by atoms with Crippen molar-refractivity contribution in [2.75, 3.05) is 0 Å². The van der Waals surface area contributed by atoms with Crippen molar-refractivity contribution in [2.45, 2.75) is 66.6 Å². The van der Waals surface area contributed by atoms with E-state index in [-0.39, 0.29) is 10.8 Å². The minimum absolute atomic E-state index is 0.0340. The van der Waals surface area contributed by atoms with Crippen LogP contribution in [0.2, 0.25) is 0 Å². The fourth-order valence-corrected chi connectivity index (χ4v) is 3.24. The molecule has 0 aliphatic carbocycles. The van der Waals surface area contributed by atoms with Gasteiger partial charge in [0.2, 0.25) is 0 Å². The van der Waals surface area contributed by atoms with Crippen LogP contribution in [0.3, 0.4) is 0 Å². The third-order valence-electron chi connectivity index (χ3n) is 4.87. The Kier molecular flexibility index (Phi) is 2.92. The minimum atomic E-state index is -0.652. The second-order valence-corrected chi connectivity index (χ2v) is 8.57. The lowest BCUT2D eigenvalue weighted by molar-refractivity contribution is -0.142. The van der Waals surface area contributed by atoms with Crippen molar-refractivity contribution in [3.63, 3.8) is 0 Å². The Morgan fingerprint density at radius 2 is 1.59 bits per heavy atom. The van der Waals surface area contributed by atoms with Crippen LogP contribution in [0.5, 0.6) is 11.5 Å². The first-order valence-electron chi connectivity index (χ1n) is 7.98. The van der Waals surface area contributed by atoms with E-state index in [1.165, 1.54) is 11.1 Å². The lowest BCUT2D eigenvalue weighted by Gasteiger charge is -2.36. The Hall–Kier alpha value is -1.64. The summed E-state index contributed by atoms with van der Waals surface area (Å²) in [7, 11) is 0. The van der Waals surface area contributed by atoms with Crippen molar-refractivity contribution in [3.05, 3.63) is 23.4 Å². The van der Waals surface area contributed by atoms with Crippen LogP contribution >= 0.6 is 0 Å².